The van der Waals surface area contributed by atoms with Gasteiger partial charge in [-0.3, -0.25) is 9.36 Å². The molecule has 1 aromatic rings. The fraction of sp³-hybridized carbons (Fsp3) is 0.682. The molecular formula is C22H36NO6P. The first-order valence-corrected chi connectivity index (χ1v) is 12.5. The van der Waals surface area contributed by atoms with Crippen molar-refractivity contribution in [2.45, 2.75) is 72.0 Å². The zero-order chi connectivity index (χ0) is 22.1. The van der Waals surface area contributed by atoms with Crippen molar-refractivity contribution in [3.05, 3.63) is 35.9 Å². The molecule has 1 fully saturated rings. The Kier molecular flexibility index (Phi) is 9.98. The number of hydrogen-bond donors (Lipinski definition) is 1. The molecule has 1 saturated heterocycles. The van der Waals surface area contributed by atoms with Gasteiger partial charge in [0.25, 0.3) is 0 Å². The van der Waals surface area contributed by atoms with Crippen molar-refractivity contribution >= 4 is 13.5 Å². The first-order valence-electron chi connectivity index (χ1n) is 10.8. The van der Waals surface area contributed by atoms with E-state index in [0.29, 0.717) is 6.61 Å². The van der Waals surface area contributed by atoms with E-state index in [0.717, 1.165) is 12.0 Å². The molecule has 0 spiro atoms. The van der Waals surface area contributed by atoms with Crippen molar-refractivity contribution in [1.29, 1.82) is 0 Å². The molecule has 1 aliphatic rings. The predicted molar refractivity (Wildman–Crippen MR) is 116 cm³/mol. The van der Waals surface area contributed by atoms with E-state index in [9.17, 15) is 9.36 Å². The van der Waals surface area contributed by atoms with Gasteiger partial charge in [-0.15, -0.1) is 0 Å². The Bertz CT molecular complexity index is 690. The largest absolute Gasteiger partial charge is 0.372 e. The van der Waals surface area contributed by atoms with Gasteiger partial charge in [-0.1, -0.05) is 44.2 Å². The fourth-order valence-corrected chi connectivity index (χ4v) is 5.82. The zero-order valence-electron chi connectivity index (χ0n) is 18.7. The summed E-state index contributed by atoms with van der Waals surface area (Å²) in [5.41, 5.74) is 1.05. The monoisotopic (exact) mass is 441 g/mol. The second-order valence-electron chi connectivity index (χ2n) is 7.60. The van der Waals surface area contributed by atoms with Crippen LogP contribution in [0.5, 0.6) is 0 Å². The van der Waals surface area contributed by atoms with Crippen molar-refractivity contribution in [2.75, 3.05) is 19.4 Å². The lowest BCUT2D eigenvalue weighted by molar-refractivity contribution is -0.169. The van der Waals surface area contributed by atoms with Crippen LogP contribution in [-0.4, -0.2) is 49.6 Å². The highest BCUT2D eigenvalue weighted by Gasteiger charge is 2.47. The summed E-state index contributed by atoms with van der Waals surface area (Å²) in [5, 5.41) is 2.98. The number of benzene rings is 1. The normalized spacial score (nSPS) is 27.0. The maximum Gasteiger partial charge on any atom is 0.333 e. The van der Waals surface area contributed by atoms with Gasteiger partial charge in [-0.05, 0) is 25.8 Å². The average molecular weight is 442 g/mol. The number of rotatable bonds is 11. The maximum atomic E-state index is 13.2. The van der Waals surface area contributed by atoms with Crippen LogP contribution in [0.15, 0.2) is 30.3 Å². The van der Waals surface area contributed by atoms with E-state index in [2.05, 4.69) is 19.2 Å². The van der Waals surface area contributed by atoms with E-state index in [1.54, 1.807) is 13.8 Å². The lowest BCUT2D eigenvalue weighted by atomic mass is 9.85. The van der Waals surface area contributed by atoms with Crippen molar-refractivity contribution < 1.29 is 27.9 Å². The lowest BCUT2D eigenvalue weighted by Gasteiger charge is -2.46. The third-order valence-electron chi connectivity index (χ3n) is 5.32. The Labute approximate surface area is 180 Å². The topological polar surface area (TPSA) is 83.1 Å². The molecule has 0 aliphatic carbocycles. The molecule has 0 aromatic heterocycles. The minimum Gasteiger partial charge on any atom is -0.372 e. The van der Waals surface area contributed by atoms with Gasteiger partial charge in [-0.2, -0.15) is 0 Å². The number of carbonyl (C=O) groups is 1. The molecule has 1 aromatic carbocycles. The van der Waals surface area contributed by atoms with Crippen LogP contribution in [0.3, 0.4) is 0 Å². The summed E-state index contributed by atoms with van der Waals surface area (Å²) >= 11 is 0. The minimum absolute atomic E-state index is 0.0467. The van der Waals surface area contributed by atoms with Gasteiger partial charge in [0.15, 0.2) is 0 Å². The highest BCUT2D eigenvalue weighted by atomic mass is 31.2. The maximum absolute atomic E-state index is 13.2. The molecular weight excluding hydrogens is 405 g/mol. The van der Waals surface area contributed by atoms with Crippen LogP contribution in [-0.2, 0) is 34.5 Å². The molecule has 1 aliphatic heterocycles. The third kappa shape index (κ3) is 6.89. The van der Waals surface area contributed by atoms with Gasteiger partial charge < -0.3 is 23.8 Å². The van der Waals surface area contributed by atoms with Crippen LogP contribution >= 0.6 is 7.60 Å². The summed E-state index contributed by atoms with van der Waals surface area (Å²) in [6.45, 7) is 10.1. The molecule has 30 heavy (non-hydrogen) atoms. The van der Waals surface area contributed by atoms with E-state index in [1.165, 1.54) is 6.92 Å². The Morgan fingerprint density at radius 1 is 1.10 bits per heavy atom. The summed E-state index contributed by atoms with van der Waals surface area (Å²) in [7, 11) is -3.36. The summed E-state index contributed by atoms with van der Waals surface area (Å²) in [6, 6.07) is 9.45. The van der Waals surface area contributed by atoms with E-state index >= 15 is 0 Å². The van der Waals surface area contributed by atoms with Gasteiger partial charge in [0.1, 0.15) is 0 Å². The summed E-state index contributed by atoms with van der Waals surface area (Å²) < 4.78 is 36.8. The number of hydrogen-bond acceptors (Lipinski definition) is 6. The summed E-state index contributed by atoms with van der Waals surface area (Å²) in [6.07, 6.45) is -0.0798. The van der Waals surface area contributed by atoms with Crippen LogP contribution in [0.2, 0.25) is 0 Å². The molecule has 1 heterocycles. The number of amides is 1. The quantitative estimate of drug-likeness (QED) is 0.520. The van der Waals surface area contributed by atoms with E-state index in [4.69, 9.17) is 18.5 Å². The smallest absolute Gasteiger partial charge is 0.333 e. The van der Waals surface area contributed by atoms with Crippen LogP contribution in [0, 0.1) is 5.92 Å². The van der Waals surface area contributed by atoms with Crippen LogP contribution in [0.4, 0.5) is 0 Å². The van der Waals surface area contributed by atoms with Gasteiger partial charge >= 0.3 is 7.60 Å². The van der Waals surface area contributed by atoms with Crippen molar-refractivity contribution in [2.24, 2.45) is 5.92 Å². The first-order chi connectivity index (χ1) is 14.3. The number of carbonyl (C=O) groups excluding carboxylic acids is 1. The lowest BCUT2D eigenvalue weighted by Crippen LogP contribution is -2.62. The Morgan fingerprint density at radius 2 is 1.73 bits per heavy atom. The molecule has 170 valence electrons. The fourth-order valence-electron chi connectivity index (χ4n) is 4.00. The SMILES string of the molecule is CCOP(=O)(C[C@H]1O[C@H](CC)[C@@H](C)[C@H](OCc2ccccc2)[C@H]1NC(C)=O)OCC. The second kappa shape index (κ2) is 12.0. The summed E-state index contributed by atoms with van der Waals surface area (Å²) in [4.78, 5) is 12.0. The Balaban J connectivity index is 2.28. The Morgan fingerprint density at radius 3 is 2.27 bits per heavy atom. The Hall–Kier alpha value is -1.24. The molecule has 8 heteroatoms. The van der Waals surface area contributed by atoms with Crippen molar-refractivity contribution in [1.82, 2.24) is 5.32 Å². The molecule has 0 unspecified atom stereocenters. The van der Waals surface area contributed by atoms with Gasteiger partial charge in [0, 0.05) is 12.8 Å². The average Bonchev–Trinajstić information content (AvgIpc) is 2.70. The minimum atomic E-state index is -3.36. The first kappa shape index (κ1) is 25.0. The molecule has 0 radical (unpaired) electrons. The number of nitrogens with one attached hydrogen (secondary N) is 1. The second-order valence-corrected chi connectivity index (χ2v) is 9.70. The van der Waals surface area contributed by atoms with E-state index < -0.39 is 19.7 Å². The summed E-state index contributed by atoms with van der Waals surface area (Å²) in [5.74, 6) is -0.142. The van der Waals surface area contributed by atoms with Gasteiger partial charge in [-0.25, -0.2) is 0 Å². The molecule has 5 atom stereocenters. The van der Waals surface area contributed by atoms with Crippen LogP contribution < -0.4 is 5.32 Å². The molecule has 0 saturated carbocycles. The molecule has 1 amide bonds. The van der Waals surface area contributed by atoms with E-state index in [-0.39, 0.29) is 43.4 Å². The van der Waals surface area contributed by atoms with E-state index in [1.807, 2.05) is 30.3 Å². The molecule has 0 bridgehead atoms. The highest BCUT2D eigenvalue weighted by Crippen LogP contribution is 2.50. The molecule has 7 nitrogen and oxygen atoms in total. The van der Waals surface area contributed by atoms with Crippen LogP contribution in [0.1, 0.15) is 46.6 Å². The van der Waals surface area contributed by atoms with Gasteiger partial charge in [0.2, 0.25) is 5.91 Å². The molecule has 2 rings (SSSR count). The van der Waals surface area contributed by atoms with Crippen molar-refractivity contribution in [3.8, 4) is 0 Å². The van der Waals surface area contributed by atoms with Gasteiger partial charge in [0.05, 0.1) is 50.3 Å². The third-order valence-corrected chi connectivity index (χ3v) is 7.43. The van der Waals surface area contributed by atoms with Crippen molar-refractivity contribution in [3.63, 3.8) is 0 Å². The predicted octanol–water partition coefficient (Wildman–Crippen LogP) is 4.16. The van der Waals surface area contributed by atoms with Crippen LogP contribution in [0.25, 0.3) is 0 Å². The number of ether oxygens (including phenoxy) is 2. The molecule has 1 N–H and O–H groups in total. The zero-order valence-corrected chi connectivity index (χ0v) is 19.6. The standard InChI is InChI=1S/C22H36NO6P/c1-6-19-16(4)22(26-14-18-12-10-9-11-13-18)21(23-17(5)24)20(29-19)15-30(25,27-7-2)28-8-3/h9-13,16,19-22H,6-8,14-15H2,1-5H3,(H,23,24)/t16-,19-,20-,21+,22+/m1/s1. The highest BCUT2D eigenvalue weighted by molar-refractivity contribution is 7.53.